The minimum absolute atomic E-state index is 0.290. The second-order valence-electron chi connectivity index (χ2n) is 3.60. The zero-order chi connectivity index (χ0) is 13.1. The summed E-state index contributed by atoms with van der Waals surface area (Å²) in [5.41, 5.74) is 0.816. The molecule has 0 N–H and O–H groups in total. The second kappa shape index (κ2) is 5.74. The van der Waals surface area contributed by atoms with E-state index < -0.39 is 0 Å². The molecule has 1 heterocycles. The van der Waals surface area contributed by atoms with E-state index in [4.69, 9.17) is 39.5 Å². The Morgan fingerprint density at radius 2 is 1.94 bits per heavy atom. The maximum atomic E-state index is 6.10. The molecular weight excluding hydrogens is 295 g/mol. The van der Waals surface area contributed by atoms with Crippen LogP contribution in [0.4, 0.5) is 0 Å². The van der Waals surface area contributed by atoms with Crippen LogP contribution in [-0.2, 0) is 0 Å². The van der Waals surface area contributed by atoms with Gasteiger partial charge in [0, 0.05) is 15.6 Å². The molecule has 0 aliphatic carbocycles. The van der Waals surface area contributed by atoms with Crippen molar-refractivity contribution in [3.8, 4) is 5.88 Å². The Morgan fingerprint density at radius 3 is 2.61 bits per heavy atom. The molecule has 18 heavy (non-hydrogen) atoms. The Hall–Kier alpha value is -1.03. The topological polar surface area (TPSA) is 35.0 Å². The van der Waals surface area contributed by atoms with Crippen LogP contribution in [0.5, 0.6) is 5.88 Å². The van der Waals surface area contributed by atoms with Gasteiger partial charge in [-0.15, -0.1) is 0 Å². The first-order chi connectivity index (χ1) is 8.58. The molecule has 0 amide bonds. The molecule has 0 radical (unpaired) electrons. The number of rotatable bonds is 3. The van der Waals surface area contributed by atoms with E-state index >= 15 is 0 Å². The molecule has 1 atom stereocenters. The summed E-state index contributed by atoms with van der Waals surface area (Å²) in [6.07, 6.45) is 2.56. The highest BCUT2D eigenvalue weighted by Gasteiger charge is 2.14. The van der Waals surface area contributed by atoms with Crippen LogP contribution in [-0.4, -0.2) is 9.97 Å². The van der Waals surface area contributed by atoms with Gasteiger partial charge in [-0.2, -0.15) is 0 Å². The fourth-order valence-electron chi connectivity index (χ4n) is 1.45. The van der Waals surface area contributed by atoms with Crippen LogP contribution in [0.2, 0.25) is 15.1 Å². The monoisotopic (exact) mass is 302 g/mol. The van der Waals surface area contributed by atoms with Crippen molar-refractivity contribution >= 4 is 34.8 Å². The smallest absolute Gasteiger partial charge is 0.236 e. The zero-order valence-electron chi connectivity index (χ0n) is 9.40. The van der Waals surface area contributed by atoms with Gasteiger partial charge in [0.2, 0.25) is 5.88 Å². The molecule has 1 aromatic carbocycles. The van der Waals surface area contributed by atoms with E-state index in [2.05, 4.69) is 9.97 Å². The summed E-state index contributed by atoms with van der Waals surface area (Å²) in [6, 6.07) is 5.23. The molecule has 0 bridgehead atoms. The molecule has 0 aliphatic rings. The SMILES string of the molecule is CC(Oc1ncncc1Cl)c1ccc(Cl)cc1Cl. The van der Waals surface area contributed by atoms with Gasteiger partial charge in [0.05, 0.1) is 6.20 Å². The van der Waals surface area contributed by atoms with Crippen LogP contribution in [0.15, 0.2) is 30.7 Å². The van der Waals surface area contributed by atoms with Gasteiger partial charge in [0.15, 0.2) is 0 Å². The minimum Gasteiger partial charge on any atom is -0.469 e. The van der Waals surface area contributed by atoms with Crippen molar-refractivity contribution < 1.29 is 4.74 Å². The first kappa shape index (κ1) is 13.4. The lowest BCUT2D eigenvalue weighted by Crippen LogP contribution is -2.05. The van der Waals surface area contributed by atoms with Gasteiger partial charge >= 0.3 is 0 Å². The van der Waals surface area contributed by atoms with Crippen LogP contribution in [0.3, 0.4) is 0 Å². The van der Waals surface area contributed by atoms with E-state index in [9.17, 15) is 0 Å². The van der Waals surface area contributed by atoms with Crippen molar-refractivity contribution in [2.45, 2.75) is 13.0 Å². The van der Waals surface area contributed by atoms with Crippen LogP contribution < -0.4 is 4.74 Å². The predicted octanol–water partition coefficient (Wildman–Crippen LogP) is 4.58. The van der Waals surface area contributed by atoms with Crippen LogP contribution in [0.1, 0.15) is 18.6 Å². The third kappa shape index (κ3) is 3.05. The largest absolute Gasteiger partial charge is 0.469 e. The molecule has 0 saturated carbocycles. The second-order valence-corrected chi connectivity index (χ2v) is 4.85. The Labute approximate surface area is 120 Å². The molecule has 0 saturated heterocycles. The maximum absolute atomic E-state index is 6.10. The van der Waals surface area contributed by atoms with E-state index in [-0.39, 0.29) is 6.10 Å². The minimum atomic E-state index is -0.290. The first-order valence-corrected chi connectivity index (χ1v) is 6.28. The highest BCUT2D eigenvalue weighted by atomic mass is 35.5. The van der Waals surface area contributed by atoms with Crippen molar-refractivity contribution in [1.82, 2.24) is 9.97 Å². The number of hydrogen-bond acceptors (Lipinski definition) is 3. The van der Waals surface area contributed by atoms with Crippen molar-refractivity contribution in [3.05, 3.63) is 51.4 Å². The standard InChI is InChI=1S/C12H9Cl3N2O/c1-7(9-3-2-8(13)4-10(9)14)18-12-11(15)5-16-6-17-12/h2-7H,1H3. The first-order valence-electron chi connectivity index (χ1n) is 5.15. The quantitative estimate of drug-likeness (QED) is 0.832. The van der Waals surface area contributed by atoms with E-state index in [1.807, 2.05) is 13.0 Å². The summed E-state index contributed by atoms with van der Waals surface area (Å²) < 4.78 is 5.64. The van der Waals surface area contributed by atoms with Gasteiger partial charge in [-0.3, -0.25) is 0 Å². The summed E-state index contributed by atoms with van der Waals surface area (Å²) in [6.45, 7) is 1.85. The van der Waals surface area contributed by atoms with Gasteiger partial charge in [0.1, 0.15) is 17.5 Å². The van der Waals surface area contributed by atoms with Gasteiger partial charge in [-0.1, -0.05) is 40.9 Å². The average molecular weight is 304 g/mol. The highest BCUT2D eigenvalue weighted by molar-refractivity contribution is 6.35. The van der Waals surface area contributed by atoms with Crippen molar-refractivity contribution in [1.29, 1.82) is 0 Å². The number of nitrogens with zero attached hydrogens (tertiary/aromatic N) is 2. The third-order valence-corrected chi connectivity index (χ3v) is 3.14. The molecule has 0 spiro atoms. The molecule has 2 aromatic rings. The van der Waals surface area contributed by atoms with E-state index in [1.54, 1.807) is 12.1 Å². The Bertz CT molecular complexity index is 563. The van der Waals surface area contributed by atoms with E-state index in [1.165, 1.54) is 12.5 Å². The molecule has 0 fully saturated rings. The summed E-state index contributed by atoms with van der Waals surface area (Å²) in [5.74, 6) is 0.324. The van der Waals surface area contributed by atoms with Crippen LogP contribution in [0, 0.1) is 0 Å². The van der Waals surface area contributed by atoms with Crippen LogP contribution in [0.25, 0.3) is 0 Å². The average Bonchev–Trinajstić information content (AvgIpc) is 2.32. The van der Waals surface area contributed by atoms with Gasteiger partial charge in [0.25, 0.3) is 0 Å². The summed E-state index contributed by atoms with van der Waals surface area (Å²) >= 11 is 17.9. The molecule has 6 heteroatoms. The van der Waals surface area contributed by atoms with E-state index in [0.717, 1.165) is 5.56 Å². The third-order valence-electron chi connectivity index (χ3n) is 2.32. The molecule has 2 rings (SSSR count). The Kier molecular flexibility index (Phi) is 4.27. The molecular formula is C12H9Cl3N2O. The summed E-state index contributed by atoms with van der Waals surface area (Å²) in [7, 11) is 0. The van der Waals surface area contributed by atoms with Gasteiger partial charge in [-0.25, -0.2) is 9.97 Å². The molecule has 3 nitrogen and oxygen atoms in total. The zero-order valence-corrected chi connectivity index (χ0v) is 11.7. The molecule has 1 unspecified atom stereocenters. The molecule has 1 aromatic heterocycles. The number of halogens is 3. The van der Waals surface area contributed by atoms with Crippen LogP contribution >= 0.6 is 34.8 Å². The fraction of sp³-hybridized carbons (Fsp3) is 0.167. The lowest BCUT2D eigenvalue weighted by molar-refractivity contribution is 0.217. The van der Waals surface area contributed by atoms with Gasteiger partial charge in [-0.05, 0) is 19.1 Å². The Balaban J connectivity index is 2.22. The Morgan fingerprint density at radius 1 is 1.17 bits per heavy atom. The maximum Gasteiger partial charge on any atom is 0.236 e. The van der Waals surface area contributed by atoms with Crippen molar-refractivity contribution in [3.63, 3.8) is 0 Å². The number of hydrogen-bond donors (Lipinski definition) is 0. The fourth-order valence-corrected chi connectivity index (χ4v) is 2.16. The lowest BCUT2D eigenvalue weighted by Gasteiger charge is -2.16. The summed E-state index contributed by atoms with van der Waals surface area (Å²) in [5, 5.41) is 1.48. The number of aromatic nitrogens is 2. The molecule has 94 valence electrons. The molecule has 0 aliphatic heterocycles. The number of benzene rings is 1. The van der Waals surface area contributed by atoms with Crippen molar-refractivity contribution in [2.75, 3.05) is 0 Å². The predicted molar refractivity (Wildman–Crippen MR) is 72.5 cm³/mol. The van der Waals surface area contributed by atoms with Gasteiger partial charge < -0.3 is 4.74 Å². The summed E-state index contributed by atoms with van der Waals surface area (Å²) in [4.78, 5) is 7.74. The highest BCUT2D eigenvalue weighted by Crippen LogP contribution is 2.30. The normalized spacial score (nSPS) is 12.2. The van der Waals surface area contributed by atoms with E-state index in [0.29, 0.717) is 20.9 Å². The van der Waals surface area contributed by atoms with Crippen molar-refractivity contribution in [2.24, 2.45) is 0 Å². The number of ether oxygens (including phenoxy) is 1. The lowest BCUT2D eigenvalue weighted by atomic mass is 10.1.